The zero-order chi connectivity index (χ0) is 8.27. The molecular weight excluding hydrogens is 146 g/mol. The first-order chi connectivity index (χ1) is 5.18. The molecule has 4 nitrogen and oxygen atoms in total. The highest BCUT2D eigenvalue weighted by molar-refractivity contribution is 5.66. The van der Waals surface area contributed by atoms with Gasteiger partial charge in [-0.1, -0.05) is 0 Å². The summed E-state index contributed by atoms with van der Waals surface area (Å²) in [5.74, 6) is -0.235. The Morgan fingerprint density at radius 2 is 2.09 bits per heavy atom. The molecule has 1 fully saturated rings. The largest absolute Gasteiger partial charge is 0.462 e. The minimum absolute atomic E-state index is 0.0101. The average Bonchev–Trinajstić information content (AvgIpc) is 1.93. The average molecular weight is 159 g/mol. The van der Waals surface area contributed by atoms with E-state index in [-0.39, 0.29) is 12.1 Å². The molecule has 1 saturated heterocycles. The van der Waals surface area contributed by atoms with Crippen LogP contribution in [0.15, 0.2) is 0 Å². The molecule has 0 aliphatic carbocycles. The van der Waals surface area contributed by atoms with Crippen LogP contribution in [0.25, 0.3) is 0 Å². The Balaban J connectivity index is 2.22. The van der Waals surface area contributed by atoms with Gasteiger partial charge in [0.1, 0.15) is 6.10 Å². The second-order valence-corrected chi connectivity index (χ2v) is 2.76. The summed E-state index contributed by atoms with van der Waals surface area (Å²) in [7, 11) is 0. The van der Waals surface area contributed by atoms with E-state index in [4.69, 9.17) is 9.94 Å². The van der Waals surface area contributed by atoms with Crippen LogP contribution in [0.2, 0.25) is 0 Å². The smallest absolute Gasteiger partial charge is 0.302 e. The fraction of sp³-hybridized carbons (Fsp3) is 0.857. The Hall–Kier alpha value is -0.610. The molecule has 0 aromatic carbocycles. The number of hydroxylamine groups is 2. The number of hydrogen-bond acceptors (Lipinski definition) is 4. The molecule has 1 heterocycles. The zero-order valence-electron chi connectivity index (χ0n) is 6.62. The Labute approximate surface area is 65.7 Å². The molecule has 0 aromatic heterocycles. The van der Waals surface area contributed by atoms with Crippen molar-refractivity contribution in [2.45, 2.75) is 25.9 Å². The topological polar surface area (TPSA) is 49.8 Å². The molecule has 1 aliphatic heterocycles. The predicted octanol–water partition coefficient (Wildman–Crippen LogP) is 0.403. The van der Waals surface area contributed by atoms with Crippen molar-refractivity contribution in [1.29, 1.82) is 0 Å². The molecule has 0 amide bonds. The number of esters is 1. The fourth-order valence-electron chi connectivity index (χ4n) is 1.19. The second-order valence-electron chi connectivity index (χ2n) is 2.76. The molecule has 64 valence electrons. The molecule has 1 aliphatic rings. The molecule has 0 atom stereocenters. The van der Waals surface area contributed by atoms with E-state index in [2.05, 4.69) is 0 Å². The van der Waals surface area contributed by atoms with Gasteiger partial charge in [0.25, 0.3) is 0 Å². The standard InChI is InChI=1S/C7H13NO3/c1-6(9)11-7-2-4-8(10)5-3-7/h7,10H,2-5H2,1H3. The summed E-state index contributed by atoms with van der Waals surface area (Å²) >= 11 is 0. The first-order valence-corrected chi connectivity index (χ1v) is 3.79. The molecule has 1 rings (SSSR count). The molecular formula is C7H13NO3. The van der Waals surface area contributed by atoms with E-state index in [1.165, 1.54) is 12.0 Å². The lowest BCUT2D eigenvalue weighted by Gasteiger charge is -2.26. The van der Waals surface area contributed by atoms with Crippen molar-refractivity contribution in [3.05, 3.63) is 0 Å². The van der Waals surface area contributed by atoms with Gasteiger partial charge in [-0.25, -0.2) is 0 Å². The van der Waals surface area contributed by atoms with Crippen LogP contribution in [0.1, 0.15) is 19.8 Å². The first-order valence-electron chi connectivity index (χ1n) is 3.79. The van der Waals surface area contributed by atoms with Gasteiger partial charge in [-0.3, -0.25) is 4.79 Å². The van der Waals surface area contributed by atoms with Crippen LogP contribution in [0.4, 0.5) is 0 Å². The quantitative estimate of drug-likeness (QED) is 0.563. The van der Waals surface area contributed by atoms with Crippen LogP contribution in [0, 0.1) is 0 Å². The number of ether oxygens (including phenoxy) is 1. The maximum absolute atomic E-state index is 10.5. The van der Waals surface area contributed by atoms with Crippen LogP contribution >= 0.6 is 0 Å². The normalized spacial score (nSPS) is 21.6. The lowest BCUT2D eigenvalue weighted by molar-refractivity contribution is -0.159. The van der Waals surface area contributed by atoms with E-state index < -0.39 is 0 Å². The third kappa shape index (κ3) is 2.86. The van der Waals surface area contributed by atoms with Crippen molar-refractivity contribution in [3.63, 3.8) is 0 Å². The Kier molecular flexibility index (Phi) is 2.84. The third-order valence-electron chi connectivity index (χ3n) is 1.75. The fourth-order valence-corrected chi connectivity index (χ4v) is 1.19. The number of piperidine rings is 1. The van der Waals surface area contributed by atoms with Crippen LogP contribution in [0.3, 0.4) is 0 Å². The van der Waals surface area contributed by atoms with Crippen molar-refractivity contribution in [2.24, 2.45) is 0 Å². The summed E-state index contributed by atoms with van der Waals surface area (Å²) in [6, 6.07) is 0. The van der Waals surface area contributed by atoms with E-state index in [1.807, 2.05) is 0 Å². The van der Waals surface area contributed by atoms with Crippen molar-refractivity contribution in [2.75, 3.05) is 13.1 Å². The third-order valence-corrected chi connectivity index (χ3v) is 1.75. The van der Waals surface area contributed by atoms with Gasteiger partial charge in [0, 0.05) is 20.0 Å². The van der Waals surface area contributed by atoms with Gasteiger partial charge >= 0.3 is 5.97 Å². The first kappa shape index (κ1) is 8.49. The number of rotatable bonds is 1. The van der Waals surface area contributed by atoms with E-state index >= 15 is 0 Å². The Morgan fingerprint density at radius 1 is 1.55 bits per heavy atom. The van der Waals surface area contributed by atoms with Crippen molar-refractivity contribution >= 4 is 5.97 Å². The van der Waals surface area contributed by atoms with Crippen molar-refractivity contribution in [1.82, 2.24) is 5.06 Å². The predicted molar refractivity (Wildman–Crippen MR) is 38.1 cm³/mol. The monoisotopic (exact) mass is 159 g/mol. The van der Waals surface area contributed by atoms with E-state index in [0.29, 0.717) is 13.1 Å². The van der Waals surface area contributed by atoms with Crippen molar-refractivity contribution in [3.8, 4) is 0 Å². The van der Waals surface area contributed by atoms with Crippen LogP contribution < -0.4 is 0 Å². The molecule has 11 heavy (non-hydrogen) atoms. The molecule has 0 unspecified atom stereocenters. The summed E-state index contributed by atoms with van der Waals surface area (Å²) in [4.78, 5) is 10.5. The number of hydrogen-bond donors (Lipinski definition) is 1. The van der Waals surface area contributed by atoms with E-state index in [9.17, 15) is 4.79 Å². The van der Waals surface area contributed by atoms with Gasteiger partial charge in [0.05, 0.1) is 0 Å². The summed E-state index contributed by atoms with van der Waals surface area (Å²) < 4.78 is 4.96. The van der Waals surface area contributed by atoms with Gasteiger partial charge in [-0.15, -0.1) is 0 Å². The SMILES string of the molecule is CC(=O)OC1CCN(O)CC1. The molecule has 0 saturated carbocycles. The summed E-state index contributed by atoms with van der Waals surface area (Å²) in [5.41, 5.74) is 0. The minimum Gasteiger partial charge on any atom is -0.462 e. The maximum atomic E-state index is 10.5. The molecule has 0 radical (unpaired) electrons. The summed E-state index contributed by atoms with van der Waals surface area (Å²) in [6.07, 6.45) is 1.47. The Bertz CT molecular complexity index is 141. The highest BCUT2D eigenvalue weighted by atomic mass is 16.5. The number of nitrogens with zero attached hydrogens (tertiary/aromatic N) is 1. The summed E-state index contributed by atoms with van der Waals surface area (Å²) in [6.45, 7) is 2.60. The van der Waals surface area contributed by atoms with Crippen LogP contribution in [-0.2, 0) is 9.53 Å². The molecule has 0 bridgehead atoms. The molecule has 4 heteroatoms. The van der Waals surface area contributed by atoms with Crippen molar-refractivity contribution < 1.29 is 14.7 Å². The van der Waals surface area contributed by atoms with Gasteiger partial charge in [-0.05, 0) is 12.8 Å². The summed E-state index contributed by atoms with van der Waals surface area (Å²) in [5, 5.41) is 10.2. The second kappa shape index (κ2) is 3.69. The number of carbonyl (C=O) groups excluding carboxylic acids is 1. The van der Waals surface area contributed by atoms with E-state index in [1.54, 1.807) is 0 Å². The molecule has 0 spiro atoms. The van der Waals surface area contributed by atoms with Gasteiger partial charge in [0.15, 0.2) is 0 Å². The molecule has 1 N–H and O–H groups in total. The highest BCUT2D eigenvalue weighted by Gasteiger charge is 2.19. The zero-order valence-corrected chi connectivity index (χ0v) is 6.62. The minimum atomic E-state index is -0.235. The Morgan fingerprint density at radius 3 is 2.55 bits per heavy atom. The lowest BCUT2D eigenvalue weighted by Crippen LogP contribution is -2.35. The van der Waals surface area contributed by atoms with Gasteiger partial charge in [-0.2, -0.15) is 5.06 Å². The lowest BCUT2D eigenvalue weighted by atomic mass is 10.1. The maximum Gasteiger partial charge on any atom is 0.302 e. The molecule has 0 aromatic rings. The van der Waals surface area contributed by atoms with Crippen LogP contribution in [0.5, 0.6) is 0 Å². The van der Waals surface area contributed by atoms with Crippen LogP contribution in [-0.4, -0.2) is 35.4 Å². The van der Waals surface area contributed by atoms with Gasteiger partial charge < -0.3 is 9.94 Å². The number of carbonyl (C=O) groups is 1. The van der Waals surface area contributed by atoms with E-state index in [0.717, 1.165) is 12.8 Å². The highest BCUT2D eigenvalue weighted by Crippen LogP contribution is 2.11. The van der Waals surface area contributed by atoms with Gasteiger partial charge in [0.2, 0.25) is 0 Å².